The Labute approximate surface area is 122 Å². The summed E-state index contributed by atoms with van der Waals surface area (Å²) in [6.07, 6.45) is 2.17. The topological polar surface area (TPSA) is 41.6 Å². The van der Waals surface area contributed by atoms with Crippen LogP contribution in [0.15, 0.2) is 0 Å². The smallest absolute Gasteiger partial charge is 0.224 e. The molecule has 1 amide bonds. The summed E-state index contributed by atoms with van der Waals surface area (Å²) in [7, 11) is 0. The lowest BCUT2D eigenvalue weighted by atomic mass is 10.0. The van der Waals surface area contributed by atoms with Gasteiger partial charge in [0.1, 0.15) is 0 Å². The molecule has 0 aromatic heterocycles. The molecular formula is C14H27ClN2O2. The molecule has 0 radical (unpaired) electrons. The molecule has 4 nitrogen and oxygen atoms in total. The van der Waals surface area contributed by atoms with Crippen LogP contribution in [0.2, 0.25) is 0 Å². The van der Waals surface area contributed by atoms with Gasteiger partial charge >= 0.3 is 0 Å². The Hall–Kier alpha value is -0.320. The number of carbonyl (C=O) groups is 1. The minimum absolute atomic E-state index is 0. The number of amides is 1. The standard InChI is InChI=1S/C14H26N2O2.ClH/c1-14(2,3)15-13(17)12-4-6-16(9-12)8-11-5-7-18-10-11;/h11-12H,4-10H2,1-3H3,(H,15,17);1H. The first-order valence-electron chi connectivity index (χ1n) is 7.06. The van der Waals surface area contributed by atoms with Crippen LogP contribution in [0, 0.1) is 11.8 Å². The molecule has 2 fully saturated rings. The molecule has 2 heterocycles. The summed E-state index contributed by atoms with van der Waals surface area (Å²) in [4.78, 5) is 14.5. The summed E-state index contributed by atoms with van der Waals surface area (Å²) in [5.41, 5.74) is -0.121. The fourth-order valence-electron chi connectivity index (χ4n) is 2.78. The van der Waals surface area contributed by atoms with E-state index in [2.05, 4.69) is 10.2 Å². The first kappa shape index (κ1) is 16.7. The third-order valence-corrected chi connectivity index (χ3v) is 3.68. The van der Waals surface area contributed by atoms with Gasteiger partial charge in [0.15, 0.2) is 0 Å². The molecule has 0 spiro atoms. The second kappa shape index (κ2) is 6.91. The van der Waals surface area contributed by atoms with Gasteiger partial charge in [-0.1, -0.05) is 0 Å². The van der Waals surface area contributed by atoms with E-state index in [0.29, 0.717) is 5.92 Å². The number of hydrogen-bond donors (Lipinski definition) is 1. The monoisotopic (exact) mass is 290 g/mol. The van der Waals surface area contributed by atoms with Gasteiger partial charge in [0.05, 0.1) is 12.5 Å². The third kappa shape index (κ3) is 5.28. The summed E-state index contributed by atoms with van der Waals surface area (Å²) in [6, 6.07) is 0. The molecule has 2 unspecified atom stereocenters. The van der Waals surface area contributed by atoms with Crippen LogP contribution in [0.1, 0.15) is 33.6 Å². The van der Waals surface area contributed by atoms with Crippen molar-refractivity contribution in [3.63, 3.8) is 0 Å². The van der Waals surface area contributed by atoms with E-state index in [4.69, 9.17) is 4.74 Å². The van der Waals surface area contributed by atoms with Crippen molar-refractivity contribution < 1.29 is 9.53 Å². The molecule has 2 aliphatic rings. The maximum atomic E-state index is 12.1. The summed E-state index contributed by atoms with van der Waals surface area (Å²) in [6.45, 7) is 11.0. The molecule has 2 aliphatic heterocycles. The van der Waals surface area contributed by atoms with Gasteiger partial charge in [-0.2, -0.15) is 0 Å². The van der Waals surface area contributed by atoms with Crippen LogP contribution in [-0.4, -0.2) is 49.2 Å². The van der Waals surface area contributed by atoms with Gasteiger partial charge in [-0.05, 0) is 46.1 Å². The van der Waals surface area contributed by atoms with E-state index < -0.39 is 0 Å². The predicted octanol–water partition coefficient (Wildman–Crippen LogP) is 1.68. The van der Waals surface area contributed by atoms with Crippen molar-refractivity contribution in [3.05, 3.63) is 0 Å². The second-order valence-electron chi connectivity index (χ2n) is 6.71. The van der Waals surface area contributed by atoms with Crippen molar-refractivity contribution >= 4 is 18.3 Å². The van der Waals surface area contributed by atoms with Crippen molar-refractivity contribution in [2.45, 2.75) is 39.2 Å². The Kier molecular flexibility index (Phi) is 6.09. The van der Waals surface area contributed by atoms with Crippen LogP contribution in [0.25, 0.3) is 0 Å². The van der Waals surface area contributed by atoms with Gasteiger partial charge in [0.25, 0.3) is 0 Å². The van der Waals surface area contributed by atoms with Crippen LogP contribution >= 0.6 is 12.4 Å². The first-order chi connectivity index (χ1) is 8.44. The maximum Gasteiger partial charge on any atom is 0.224 e. The quantitative estimate of drug-likeness (QED) is 0.860. The van der Waals surface area contributed by atoms with Gasteiger partial charge in [-0.3, -0.25) is 4.79 Å². The molecule has 0 aromatic rings. The fourth-order valence-corrected chi connectivity index (χ4v) is 2.78. The molecule has 0 saturated carbocycles. The number of rotatable bonds is 3. The van der Waals surface area contributed by atoms with E-state index in [0.717, 1.165) is 39.3 Å². The van der Waals surface area contributed by atoms with Crippen LogP contribution in [0.5, 0.6) is 0 Å². The average molecular weight is 291 g/mol. The van der Waals surface area contributed by atoms with Crippen LogP contribution in [-0.2, 0) is 9.53 Å². The number of likely N-dealkylation sites (tertiary alicyclic amines) is 1. The molecule has 0 bridgehead atoms. The van der Waals surface area contributed by atoms with E-state index in [-0.39, 0.29) is 29.8 Å². The molecule has 19 heavy (non-hydrogen) atoms. The normalized spacial score (nSPS) is 28.2. The van der Waals surface area contributed by atoms with Crippen molar-refractivity contribution in [1.29, 1.82) is 0 Å². The molecule has 5 heteroatoms. The number of nitrogens with zero attached hydrogens (tertiary/aromatic N) is 1. The van der Waals surface area contributed by atoms with Gasteiger partial charge in [-0.15, -0.1) is 12.4 Å². The number of halogens is 1. The molecule has 1 N–H and O–H groups in total. The highest BCUT2D eigenvalue weighted by Gasteiger charge is 2.31. The molecule has 2 rings (SSSR count). The lowest BCUT2D eigenvalue weighted by Crippen LogP contribution is -2.44. The minimum atomic E-state index is -0.121. The number of carbonyl (C=O) groups excluding carboxylic acids is 1. The molecule has 112 valence electrons. The van der Waals surface area contributed by atoms with Crippen LogP contribution < -0.4 is 5.32 Å². The minimum Gasteiger partial charge on any atom is -0.381 e. The Balaban J connectivity index is 0.00000180. The molecule has 0 aromatic carbocycles. The zero-order valence-corrected chi connectivity index (χ0v) is 13.1. The third-order valence-electron chi connectivity index (χ3n) is 3.68. The zero-order chi connectivity index (χ0) is 13.2. The largest absolute Gasteiger partial charge is 0.381 e. The van der Waals surface area contributed by atoms with E-state index >= 15 is 0 Å². The summed E-state index contributed by atoms with van der Waals surface area (Å²) >= 11 is 0. The van der Waals surface area contributed by atoms with Gasteiger partial charge < -0.3 is 15.0 Å². The lowest BCUT2D eigenvalue weighted by Gasteiger charge is -2.23. The number of hydrogen-bond acceptors (Lipinski definition) is 3. The Bertz CT molecular complexity index is 298. The average Bonchev–Trinajstić information content (AvgIpc) is 2.86. The Morgan fingerprint density at radius 3 is 2.68 bits per heavy atom. The van der Waals surface area contributed by atoms with Gasteiger partial charge in [0, 0.05) is 25.2 Å². The Morgan fingerprint density at radius 1 is 1.37 bits per heavy atom. The highest BCUT2D eigenvalue weighted by atomic mass is 35.5. The molecular weight excluding hydrogens is 264 g/mol. The lowest BCUT2D eigenvalue weighted by molar-refractivity contribution is -0.126. The van der Waals surface area contributed by atoms with E-state index in [1.165, 1.54) is 6.42 Å². The fraction of sp³-hybridized carbons (Fsp3) is 0.929. The molecule has 2 saturated heterocycles. The van der Waals surface area contributed by atoms with Crippen LogP contribution in [0.3, 0.4) is 0 Å². The summed E-state index contributed by atoms with van der Waals surface area (Å²) < 4.78 is 5.40. The molecule has 0 aliphatic carbocycles. The van der Waals surface area contributed by atoms with Crippen molar-refractivity contribution in [2.75, 3.05) is 32.8 Å². The predicted molar refractivity (Wildman–Crippen MR) is 78.6 cm³/mol. The summed E-state index contributed by atoms with van der Waals surface area (Å²) in [5, 5.41) is 3.08. The van der Waals surface area contributed by atoms with Gasteiger partial charge in [0.2, 0.25) is 5.91 Å². The van der Waals surface area contributed by atoms with E-state index in [9.17, 15) is 4.79 Å². The SMILES string of the molecule is CC(C)(C)NC(=O)C1CCN(CC2CCOC2)C1.Cl. The first-order valence-corrected chi connectivity index (χ1v) is 7.06. The zero-order valence-electron chi connectivity index (χ0n) is 12.3. The van der Waals surface area contributed by atoms with Crippen LogP contribution in [0.4, 0.5) is 0 Å². The van der Waals surface area contributed by atoms with Crippen molar-refractivity contribution in [3.8, 4) is 0 Å². The molecule has 2 atom stereocenters. The van der Waals surface area contributed by atoms with Gasteiger partial charge in [-0.25, -0.2) is 0 Å². The van der Waals surface area contributed by atoms with Crippen molar-refractivity contribution in [2.24, 2.45) is 11.8 Å². The van der Waals surface area contributed by atoms with Crippen molar-refractivity contribution in [1.82, 2.24) is 10.2 Å². The summed E-state index contributed by atoms with van der Waals surface area (Å²) in [5.74, 6) is 1.06. The van der Waals surface area contributed by atoms with E-state index in [1.54, 1.807) is 0 Å². The number of ether oxygens (including phenoxy) is 1. The van der Waals surface area contributed by atoms with E-state index in [1.807, 2.05) is 20.8 Å². The highest BCUT2D eigenvalue weighted by molar-refractivity contribution is 5.85. The highest BCUT2D eigenvalue weighted by Crippen LogP contribution is 2.21. The second-order valence-corrected chi connectivity index (χ2v) is 6.71. The number of nitrogens with one attached hydrogen (secondary N) is 1. The maximum absolute atomic E-state index is 12.1. The Morgan fingerprint density at radius 2 is 2.11 bits per heavy atom.